The van der Waals surface area contributed by atoms with Crippen molar-refractivity contribution in [3.8, 4) is 5.75 Å². The minimum Gasteiger partial charge on any atom is -0.497 e. The van der Waals surface area contributed by atoms with Gasteiger partial charge in [-0.1, -0.05) is 28.1 Å². The standard InChI is InChI=1S/C19H17BrN2OS/c1-23-14-6-8-15-11(10-14)5-7-16-17(21-19(24)22-18(15)16)12-3-2-4-13(20)9-12/h2-4,6,8-10,17H,5,7H2,1H3,(H2,21,22,24). The molecule has 0 fully saturated rings. The van der Waals surface area contributed by atoms with Gasteiger partial charge in [0.05, 0.1) is 13.2 Å². The summed E-state index contributed by atoms with van der Waals surface area (Å²) in [5, 5.41) is 7.47. The molecule has 0 spiro atoms. The number of benzene rings is 2. The van der Waals surface area contributed by atoms with Crippen molar-refractivity contribution in [1.29, 1.82) is 0 Å². The van der Waals surface area contributed by atoms with Crippen molar-refractivity contribution in [2.24, 2.45) is 0 Å². The topological polar surface area (TPSA) is 33.3 Å². The molecular formula is C19H17BrN2OS. The molecule has 3 nitrogen and oxygen atoms in total. The molecule has 0 amide bonds. The number of aryl methyl sites for hydroxylation is 1. The van der Waals surface area contributed by atoms with E-state index in [2.05, 4.69) is 56.9 Å². The Balaban J connectivity index is 1.83. The number of halogens is 1. The van der Waals surface area contributed by atoms with Crippen LogP contribution in [0, 0.1) is 0 Å². The van der Waals surface area contributed by atoms with Gasteiger partial charge in [-0.05, 0) is 72.1 Å². The van der Waals surface area contributed by atoms with Gasteiger partial charge >= 0.3 is 0 Å². The van der Waals surface area contributed by atoms with E-state index in [4.69, 9.17) is 17.0 Å². The van der Waals surface area contributed by atoms with E-state index in [1.807, 2.05) is 12.1 Å². The first-order valence-corrected chi connectivity index (χ1v) is 9.09. The lowest BCUT2D eigenvalue weighted by Gasteiger charge is -2.36. The van der Waals surface area contributed by atoms with Gasteiger partial charge < -0.3 is 15.4 Å². The molecule has 4 rings (SSSR count). The maximum absolute atomic E-state index is 5.47. The Kier molecular flexibility index (Phi) is 4.06. The van der Waals surface area contributed by atoms with Crippen LogP contribution in [0.3, 0.4) is 0 Å². The van der Waals surface area contributed by atoms with Gasteiger partial charge in [-0.3, -0.25) is 0 Å². The van der Waals surface area contributed by atoms with Crippen LogP contribution < -0.4 is 15.4 Å². The van der Waals surface area contributed by atoms with E-state index in [1.165, 1.54) is 22.3 Å². The Bertz CT molecular complexity index is 862. The summed E-state index contributed by atoms with van der Waals surface area (Å²) < 4.78 is 6.44. The first-order chi connectivity index (χ1) is 11.7. The maximum Gasteiger partial charge on any atom is 0.171 e. The fourth-order valence-corrected chi connectivity index (χ4v) is 4.13. The SMILES string of the molecule is COc1ccc2c(c1)CCC1=C2NC(=S)NC1c1cccc(Br)c1. The highest BCUT2D eigenvalue weighted by molar-refractivity contribution is 9.10. The van der Waals surface area contributed by atoms with Gasteiger partial charge in [0.2, 0.25) is 0 Å². The summed E-state index contributed by atoms with van der Waals surface area (Å²) in [4.78, 5) is 0. The van der Waals surface area contributed by atoms with E-state index in [9.17, 15) is 0 Å². The van der Waals surface area contributed by atoms with Crippen LogP contribution in [0.25, 0.3) is 5.70 Å². The smallest absolute Gasteiger partial charge is 0.171 e. The largest absolute Gasteiger partial charge is 0.497 e. The molecule has 24 heavy (non-hydrogen) atoms. The summed E-state index contributed by atoms with van der Waals surface area (Å²) in [6.45, 7) is 0. The van der Waals surface area contributed by atoms with Crippen molar-refractivity contribution >= 4 is 39.0 Å². The molecule has 5 heteroatoms. The number of thiocarbonyl (C=S) groups is 1. The van der Waals surface area contributed by atoms with E-state index in [1.54, 1.807) is 7.11 Å². The number of nitrogens with one attached hydrogen (secondary N) is 2. The van der Waals surface area contributed by atoms with Crippen molar-refractivity contribution in [2.45, 2.75) is 18.9 Å². The van der Waals surface area contributed by atoms with Gasteiger partial charge in [0.15, 0.2) is 5.11 Å². The molecule has 1 heterocycles. The number of rotatable bonds is 2. The van der Waals surface area contributed by atoms with Crippen LogP contribution in [-0.4, -0.2) is 12.2 Å². The van der Waals surface area contributed by atoms with Gasteiger partial charge in [0, 0.05) is 15.7 Å². The Hall–Kier alpha value is -1.85. The first kappa shape index (κ1) is 15.7. The van der Waals surface area contributed by atoms with Crippen LogP contribution >= 0.6 is 28.1 Å². The highest BCUT2D eigenvalue weighted by Gasteiger charge is 2.30. The zero-order chi connectivity index (χ0) is 16.7. The Morgan fingerprint density at radius 2 is 2.04 bits per heavy atom. The van der Waals surface area contributed by atoms with E-state index in [-0.39, 0.29) is 6.04 Å². The first-order valence-electron chi connectivity index (χ1n) is 7.89. The lowest BCUT2D eigenvalue weighted by Crippen LogP contribution is -2.44. The third-order valence-corrected chi connectivity index (χ3v) is 5.32. The second-order valence-corrected chi connectivity index (χ2v) is 7.33. The maximum atomic E-state index is 5.47. The molecule has 1 unspecified atom stereocenters. The number of hydrogen-bond acceptors (Lipinski definition) is 2. The highest BCUT2D eigenvalue weighted by Crippen LogP contribution is 2.40. The Labute approximate surface area is 155 Å². The molecule has 122 valence electrons. The third-order valence-electron chi connectivity index (χ3n) is 4.61. The highest BCUT2D eigenvalue weighted by atomic mass is 79.9. The zero-order valence-corrected chi connectivity index (χ0v) is 15.6. The molecular weight excluding hydrogens is 384 g/mol. The molecule has 1 atom stereocenters. The van der Waals surface area contributed by atoms with Crippen LogP contribution in [0.5, 0.6) is 5.75 Å². The minimum atomic E-state index is 0.113. The average Bonchev–Trinajstić information content (AvgIpc) is 2.60. The van der Waals surface area contributed by atoms with Crippen LogP contribution in [0.1, 0.15) is 29.2 Å². The number of ether oxygens (including phenoxy) is 1. The lowest BCUT2D eigenvalue weighted by molar-refractivity contribution is 0.414. The number of hydrogen-bond donors (Lipinski definition) is 2. The molecule has 0 saturated carbocycles. The van der Waals surface area contributed by atoms with E-state index < -0.39 is 0 Å². The molecule has 1 aliphatic heterocycles. The Morgan fingerprint density at radius 3 is 2.83 bits per heavy atom. The molecule has 0 bridgehead atoms. The zero-order valence-electron chi connectivity index (χ0n) is 13.2. The summed E-state index contributed by atoms with van der Waals surface area (Å²) in [5.74, 6) is 0.901. The molecule has 0 saturated heterocycles. The fraction of sp³-hybridized carbons (Fsp3) is 0.211. The second kappa shape index (κ2) is 6.22. The summed E-state index contributed by atoms with van der Waals surface area (Å²) >= 11 is 9.04. The van der Waals surface area contributed by atoms with E-state index in [0.29, 0.717) is 5.11 Å². The third kappa shape index (κ3) is 2.72. The van der Waals surface area contributed by atoms with Crippen molar-refractivity contribution < 1.29 is 4.74 Å². The quantitative estimate of drug-likeness (QED) is 0.734. The van der Waals surface area contributed by atoms with Crippen molar-refractivity contribution in [2.75, 3.05) is 7.11 Å². The lowest BCUT2D eigenvalue weighted by atomic mass is 9.83. The minimum absolute atomic E-state index is 0.113. The monoisotopic (exact) mass is 400 g/mol. The van der Waals surface area contributed by atoms with Gasteiger partial charge in [-0.2, -0.15) is 0 Å². The predicted octanol–water partition coefficient (Wildman–Crippen LogP) is 4.33. The molecule has 0 radical (unpaired) electrons. The van der Waals surface area contributed by atoms with E-state index in [0.717, 1.165) is 28.8 Å². The van der Waals surface area contributed by atoms with Crippen molar-refractivity contribution in [3.05, 3.63) is 69.2 Å². The van der Waals surface area contributed by atoms with Gasteiger partial charge in [0.1, 0.15) is 5.75 Å². The van der Waals surface area contributed by atoms with E-state index >= 15 is 0 Å². The molecule has 2 aromatic carbocycles. The summed E-state index contributed by atoms with van der Waals surface area (Å²) in [5.41, 5.74) is 6.25. The summed E-state index contributed by atoms with van der Waals surface area (Å²) in [7, 11) is 1.70. The Morgan fingerprint density at radius 1 is 1.17 bits per heavy atom. The second-order valence-electron chi connectivity index (χ2n) is 6.01. The summed E-state index contributed by atoms with van der Waals surface area (Å²) in [6.07, 6.45) is 2.00. The van der Waals surface area contributed by atoms with Gasteiger partial charge in [-0.25, -0.2) is 0 Å². The summed E-state index contributed by atoms with van der Waals surface area (Å²) in [6, 6.07) is 14.8. The van der Waals surface area contributed by atoms with Crippen molar-refractivity contribution in [1.82, 2.24) is 10.6 Å². The predicted molar refractivity (Wildman–Crippen MR) is 104 cm³/mol. The normalized spacial score (nSPS) is 19.1. The molecule has 2 aromatic rings. The molecule has 2 N–H and O–H groups in total. The fourth-order valence-electron chi connectivity index (χ4n) is 3.49. The van der Waals surface area contributed by atoms with Crippen LogP contribution in [-0.2, 0) is 6.42 Å². The van der Waals surface area contributed by atoms with Crippen LogP contribution in [0.4, 0.5) is 0 Å². The van der Waals surface area contributed by atoms with Crippen molar-refractivity contribution in [3.63, 3.8) is 0 Å². The van der Waals surface area contributed by atoms with Gasteiger partial charge in [0.25, 0.3) is 0 Å². The van der Waals surface area contributed by atoms with Gasteiger partial charge in [-0.15, -0.1) is 0 Å². The number of methoxy groups -OCH3 is 1. The van der Waals surface area contributed by atoms with Crippen LogP contribution in [0.15, 0.2) is 52.5 Å². The average molecular weight is 401 g/mol. The van der Waals surface area contributed by atoms with Crippen LogP contribution in [0.2, 0.25) is 0 Å². The number of fused-ring (bicyclic) bond motifs is 2. The molecule has 2 aliphatic rings. The molecule has 1 aliphatic carbocycles. The molecule has 0 aromatic heterocycles.